The zero-order valence-electron chi connectivity index (χ0n) is 16.9. The molecule has 2 heterocycles. The number of aromatic nitrogens is 2. The second kappa shape index (κ2) is 8.51. The summed E-state index contributed by atoms with van der Waals surface area (Å²) in [7, 11) is 1.62. The molecule has 7 heteroatoms. The van der Waals surface area contributed by atoms with Crippen molar-refractivity contribution in [3.05, 3.63) is 65.0 Å². The highest BCUT2D eigenvalue weighted by Gasteiger charge is 2.22. The number of nitrogens with one attached hydrogen (secondary N) is 1. The van der Waals surface area contributed by atoms with E-state index in [1.54, 1.807) is 14.0 Å². The van der Waals surface area contributed by atoms with Crippen LogP contribution in [0.3, 0.4) is 0 Å². The van der Waals surface area contributed by atoms with Gasteiger partial charge in [0.25, 0.3) is 0 Å². The smallest absolute Gasteiger partial charge is 0.348 e. The molecule has 0 aliphatic heterocycles. The van der Waals surface area contributed by atoms with E-state index in [0.29, 0.717) is 23.1 Å². The van der Waals surface area contributed by atoms with Crippen molar-refractivity contribution >= 4 is 39.0 Å². The third-order valence-corrected chi connectivity index (χ3v) is 5.78. The van der Waals surface area contributed by atoms with Crippen molar-refractivity contribution in [3.63, 3.8) is 0 Å². The number of carbonyl (C=O) groups excluding carboxylic acids is 1. The molecule has 6 nitrogen and oxygen atoms in total. The summed E-state index contributed by atoms with van der Waals surface area (Å²) < 4.78 is 10.6. The van der Waals surface area contributed by atoms with Crippen molar-refractivity contribution < 1.29 is 14.3 Å². The van der Waals surface area contributed by atoms with Gasteiger partial charge in [-0.3, -0.25) is 0 Å². The Morgan fingerprint density at radius 1 is 1.10 bits per heavy atom. The molecular formula is C23H21N3O3S. The first-order valence-corrected chi connectivity index (χ1v) is 10.4. The minimum absolute atomic E-state index is 0.322. The highest BCUT2D eigenvalue weighted by atomic mass is 32.1. The van der Waals surface area contributed by atoms with Crippen molar-refractivity contribution in [1.29, 1.82) is 0 Å². The molecule has 0 saturated carbocycles. The van der Waals surface area contributed by atoms with Gasteiger partial charge in [0.1, 0.15) is 21.3 Å². The fourth-order valence-corrected chi connectivity index (χ4v) is 4.24. The maximum Gasteiger partial charge on any atom is 0.348 e. The van der Waals surface area contributed by atoms with Crippen LogP contribution in [0.5, 0.6) is 5.75 Å². The van der Waals surface area contributed by atoms with Gasteiger partial charge in [-0.2, -0.15) is 0 Å². The summed E-state index contributed by atoms with van der Waals surface area (Å²) >= 11 is 1.32. The lowest BCUT2D eigenvalue weighted by atomic mass is 10.1. The lowest BCUT2D eigenvalue weighted by Gasteiger charge is -2.10. The van der Waals surface area contributed by atoms with Gasteiger partial charge < -0.3 is 14.8 Å². The normalized spacial score (nSPS) is 10.8. The van der Waals surface area contributed by atoms with Gasteiger partial charge in [0.15, 0.2) is 5.82 Å². The zero-order chi connectivity index (χ0) is 21.1. The van der Waals surface area contributed by atoms with Gasteiger partial charge in [-0.15, -0.1) is 11.3 Å². The average molecular weight is 420 g/mol. The first kappa shape index (κ1) is 19.8. The number of hydrogen-bond donors (Lipinski definition) is 1. The lowest BCUT2D eigenvalue weighted by Crippen LogP contribution is -2.04. The van der Waals surface area contributed by atoms with E-state index in [1.165, 1.54) is 11.3 Å². The molecule has 4 aromatic rings. The number of ether oxygens (including phenoxy) is 2. The summed E-state index contributed by atoms with van der Waals surface area (Å²) in [5.74, 6) is 1.58. The molecule has 1 N–H and O–H groups in total. The lowest BCUT2D eigenvalue weighted by molar-refractivity contribution is 0.0531. The van der Waals surface area contributed by atoms with E-state index in [-0.39, 0.29) is 5.97 Å². The number of rotatable bonds is 6. The summed E-state index contributed by atoms with van der Waals surface area (Å²) in [5.41, 5.74) is 2.54. The van der Waals surface area contributed by atoms with Gasteiger partial charge in [-0.05, 0) is 43.7 Å². The molecule has 0 aliphatic carbocycles. The Bertz CT molecular complexity index is 1210. The molecule has 0 amide bonds. The predicted molar refractivity (Wildman–Crippen MR) is 120 cm³/mol. The molecule has 0 fully saturated rings. The average Bonchev–Trinajstić information content (AvgIpc) is 3.11. The van der Waals surface area contributed by atoms with Crippen LogP contribution in [-0.2, 0) is 4.74 Å². The predicted octanol–water partition coefficient (Wildman–Crippen LogP) is 5.60. The third-order valence-electron chi connectivity index (χ3n) is 4.62. The van der Waals surface area contributed by atoms with Crippen molar-refractivity contribution in [1.82, 2.24) is 9.97 Å². The quantitative estimate of drug-likeness (QED) is 0.410. The van der Waals surface area contributed by atoms with Crippen molar-refractivity contribution in [3.8, 4) is 17.1 Å². The maximum atomic E-state index is 12.4. The van der Waals surface area contributed by atoms with Crippen LogP contribution in [0.1, 0.15) is 22.2 Å². The molecule has 0 bridgehead atoms. The van der Waals surface area contributed by atoms with Crippen LogP contribution in [0.25, 0.3) is 21.6 Å². The highest BCUT2D eigenvalue weighted by molar-refractivity contribution is 7.20. The number of hydrogen-bond acceptors (Lipinski definition) is 7. The van der Waals surface area contributed by atoms with Crippen LogP contribution in [-0.4, -0.2) is 29.7 Å². The van der Waals surface area contributed by atoms with Crippen LogP contribution < -0.4 is 10.1 Å². The SMILES string of the molecule is CCOC(=O)c1sc2nc(-c3cccc(OC)c3)nc(Nc3ccccc3)c2c1C. The van der Waals surface area contributed by atoms with E-state index in [1.807, 2.05) is 61.5 Å². The van der Waals surface area contributed by atoms with Gasteiger partial charge >= 0.3 is 5.97 Å². The summed E-state index contributed by atoms with van der Waals surface area (Å²) in [5, 5.41) is 4.20. The standard InChI is InChI=1S/C23H21N3O3S/c1-4-29-23(27)19-14(2)18-21(24-16-10-6-5-7-11-16)25-20(26-22(18)30-19)15-9-8-12-17(13-15)28-3/h5-13H,4H2,1-3H3,(H,24,25,26). The molecule has 0 radical (unpaired) electrons. The third kappa shape index (κ3) is 3.84. The Morgan fingerprint density at radius 3 is 2.63 bits per heavy atom. The van der Waals surface area contributed by atoms with Crippen molar-refractivity contribution in [2.75, 3.05) is 19.0 Å². The van der Waals surface area contributed by atoms with E-state index < -0.39 is 0 Å². The number of thiophene rings is 1. The molecule has 0 spiro atoms. The fraction of sp³-hybridized carbons (Fsp3) is 0.174. The number of fused-ring (bicyclic) bond motifs is 1. The number of methoxy groups -OCH3 is 1. The maximum absolute atomic E-state index is 12.4. The van der Waals surface area contributed by atoms with E-state index >= 15 is 0 Å². The van der Waals surface area contributed by atoms with Crippen molar-refractivity contribution in [2.24, 2.45) is 0 Å². The van der Waals surface area contributed by atoms with Crippen LogP contribution >= 0.6 is 11.3 Å². The Morgan fingerprint density at radius 2 is 1.90 bits per heavy atom. The Hall–Kier alpha value is -3.45. The second-order valence-electron chi connectivity index (χ2n) is 6.58. The van der Waals surface area contributed by atoms with Gasteiger partial charge in [-0.25, -0.2) is 14.8 Å². The minimum atomic E-state index is -0.341. The summed E-state index contributed by atoms with van der Waals surface area (Å²) in [4.78, 5) is 23.3. The van der Waals surface area contributed by atoms with E-state index in [4.69, 9.17) is 19.4 Å². The van der Waals surface area contributed by atoms with Gasteiger partial charge in [0.2, 0.25) is 0 Å². The first-order chi connectivity index (χ1) is 14.6. The van der Waals surface area contributed by atoms with E-state index in [0.717, 1.165) is 32.8 Å². The van der Waals surface area contributed by atoms with Gasteiger partial charge in [-0.1, -0.05) is 30.3 Å². The highest BCUT2D eigenvalue weighted by Crippen LogP contribution is 2.37. The molecule has 0 saturated heterocycles. The molecule has 4 rings (SSSR count). The molecule has 0 atom stereocenters. The number of aryl methyl sites for hydroxylation is 1. The Kier molecular flexibility index (Phi) is 5.63. The minimum Gasteiger partial charge on any atom is -0.497 e. The summed E-state index contributed by atoms with van der Waals surface area (Å²) in [6.45, 7) is 4.02. The number of para-hydroxylation sites is 1. The van der Waals surface area contributed by atoms with Crippen LogP contribution in [0.15, 0.2) is 54.6 Å². The molecule has 0 unspecified atom stereocenters. The number of benzene rings is 2. The molecule has 2 aromatic carbocycles. The molecule has 0 aliphatic rings. The second-order valence-corrected chi connectivity index (χ2v) is 7.57. The van der Waals surface area contributed by atoms with Gasteiger partial charge in [0, 0.05) is 11.3 Å². The molecule has 2 aromatic heterocycles. The number of carbonyl (C=O) groups is 1. The van der Waals surface area contributed by atoms with Crippen LogP contribution in [0.4, 0.5) is 11.5 Å². The number of nitrogens with zero attached hydrogens (tertiary/aromatic N) is 2. The number of esters is 1. The van der Waals surface area contributed by atoms with Crippen LogP contribution in [0, 0.1) is 6.92 Å². The van der Waals surface area contributed by atoms with Crippen LogP contribution in [0.2, 0.25) is 0 Å². The van der Waals surface area contributed by atoms with Crippen molar-refractivity contribution in [2.45, 2.75) is 13.8 Å². The summed E-state index contributed by atoms with van der Waals surface area (Å²) in [6.07, 6.45) is 0. The molecular weight excluding hydrogens is 398 g/mol. The first-order valence-electron chi connectivity index (χ1n) is 9.55. The topological polar surface area (TPSA) is 73.3 Å². The zero-order valence-corrected chi connectivity index (χ0v) is 17.7. The largest absolute Gasteiger partial charge is 0.497 e. The Balaban J connectivity index is 1.91. The Labute approximate surface area is 178 Å². The number of anilines is 2. The molecule has 152 valence electrons. The fourth-order valence-electron chi connectivity index (χ4n) is 3.17. The monoisotopic (exact) mass is 419 g/mol. The van der Waals surface area contributed by atoms with Gasteiger partial charge in [0.05, 0.1) is 19.1 Å². The van der Waals surface area contributed by atoms with E-state index in [9.17, 15) is 4.79 Å². The summed E-state index contributed by atoms with van der Waals surface area (Å²) in [6, 6.07) is 17.4. The molecule has 30 heavy (non-hydrogen) atoms. The van der Waals surface area contributed by atoms with E-state index in [2.05, 4.69) is 5.32 Å².